The molecule has 0 unspecified atom stereocenters. The van der Waals surface area contributed by atoms with Crippen LogP contribution in [0.25, 0.3) is 10.7 Å². The van der Waals surface area contributed by atoms with Gasteiger partial charge in [-0.15, -0.1) is 32.9 Å². The van der Waals surface area contributed by atoms with E-state index in [9.17, 15) is 4.79 Å². The van der Waals surface area contributed by atoms with E-state index in [-0.39, 0.29) is 5.91 Å². The molecule has 3 aromatic heterocycles. The third kappa shape index (κ3) is 3.55. The third-order valence-corrected chi connectivity index (χ3v) is 6.38. The Bertz CT molecular complexity index is 807. The molecule has 0 aromatic carbocycles. The number of aromatic nitrogens is 3. The van der Waals surface area contributed by atoms with Crippen LogP contribution in [0.2, 0.25) is 0 Å². The second-order valence-corrected chi connectivity index (χ2v) is 8.45. The van der Waals surface area contributed by atoms with Gasteiger partial charge in [0, 0.05) is 10.9 Å². The Hall–Kier alpha value is -1.64. The molecule has 0 atom stereocenters. The quantitative estimate of drug-likeness (QED) is 0.637. The number of amides is 1. The Labute approximate surface area is 152 Å². The molecule has 0 radical (unpaired) electrons. The average molecular weight is 377 g/mol. The Morgan fingerprint density at radius 2 is 2.08 bits per heavy atom. The first-order valence-electron chi connectivity index (χ1n) is 7.72. The average Bonchev–Trinajstić information content (AvgIpc) is 3.05. The molecule has 1 N–H and O–H groups in total. The van der Waals surface area contributed by atoms with Gasteiger partial charge >= 0.3 is 0 Å². The lowest BCUT2D eigenvalue weighted by Crippen LogP contribution is -2.24. The molecule has 1 saturated carbocycles. The fourth-order valence-electron chi connectivity index (χ4n) is 2.39. The maximum atomic E-state index is 12.1. The largest absolute Gasteiger partial charge is 0.350 e. The van der Waals surface area contributed by atoms with Gasteiger partial charge in [0.1, 0.15) is 0 Å². The number of hydrogen-bond acceptors (Lipinski definition) is 6. The zero-order valence-corrected chi connectivity index (χ0v) is 15.3. The molecule has 0 spiro atoms. The number of hydrogen-bond donors (Lipinski definition) is 1. The van der Waals surface area contributed by atoms with Crippen molar-refractivity contribution in [3.63, 3.8) is 0 Å². The first-order chi connectivity index (χ1) is 11.8. The summed E-state index contributed by atoms with van der Waals surface area (Å²) in [5, 5.41) is 16.5. The molecule has 5 nitrogen and oxygen atoms in total. The molecule has 1 aliphatic carbocycles. The van der Waals surface area contributed by atoms with E-state index in [2.05, 4.69) is 26.1 Å². The van der Waals surface area contributed by atoms with E-state index in [1.54, 1.807) is 22.7 Å². The van der Waals surface area contributed by atoms with Gasteiger partial charge in [0.05, 0.1) is 17.2 Å². The Morgan fingerprint density at radius 1 is 1.25 bits per heavy atom. The molecule has 0 saturated heterocycles. The molecule has 0 aliphatic heterocycles. The van der Waals surface area contributed by atoms with Crippen LogP contribution in [0, 0.1) is 0 Å². The van der Waals surface area contributed by atoms with E-state index in [4.69, 9.17) is 0 Å². The Morgan fingerprint density at radius 3 is 2.79 bits per heavy atom. The summed E-state index contributed by atoms with van der Waals surface area (Å²) in [6, 6.07) is 8.58. The zero-order chi connectivity index (χ0) is 16.4. The normalized spacial score (nSPS) is 14.0. The van der Waals surface area contributed by atoms with Crippen molar-refractivity contribution >= 4 is 40.3 Å². The van der Waals surface area contributed by atoms with Crippen LogP contribution >= 0.6 is 34.4 Å². The summed E-state index contributed by atoms with van der Waals surface area (Å²) in [5.74, 6) is 1.31. The first kappa shape index (κ1) is 15.9. The van der Waals surface area contributed by atoms with Crippen LogP contribution in [0.15, 0.2) is 40.2 Å². The van der Waals surface area contributed by atoms with E-state index < -0.39 is 0 Å². The minimum Gasteiger partial charge on any atom is -0.350 e. The molecule has 3 heterocycles. The highest BCUT2D eigenvalue weighted by molar-refractivity contribution is 7.99. The number of thiophene rings is 2. The lowest BCUT2D eigenvalue weighted by atomic mass is 10.4. The highest BCUT2D eigenvalue weighted by Crippen LogP contribution is 2.41. The van der Waals surface area contributed by atoms with Crippen molar-refractivity contribution in [1.82, 2.24) is 20.1 Å². The fourth-order valence-corrected chi connectivity index (χ4v) is 4.58. The van der Waals surface area contributed by atoms with E-state index >= 15 is 0 Å². The van der Waals surface area contributed by atoms with Crippen molar-refractivity contribution in [2.75, 3.05) is 5.75 Å². The lowest BCUT2D eigenvalue weighted by Gasteiger charge is -2.07. The standard InChI is InChI=1S/C16H16N4OS3/c21-14(17-9-12-3-1-7-22-12)10-24-16-19-18-15(13-4-2-8-23-13)20(16)11-5-6-11/h1-4,7-8,11H,5-6,9-10H2,(H,17,21). The summed E-state index contributed by atoms with van der Waals surface area (Å²) in [4.78, 5) is 14.4. The van der Waals surface area contributed by atoms with Crippen LogP contribution in [0.5, 0.6) is 0 Å². The van der Waals surface area contributed by atoms with Gasteiger partial charge < -0.3 is 5.32 Å². The van der Waals surface area contributed by atoms with Gasteiger partial charge in [0.25, 0.3) is 0 Å². The van der Waals surface area contributed by atoms with Crippen LogP contribution in [-0.2, 0) is 11.3 Å². The van der Waals surface area contributed by atoms with Gasteiger partial charge in [-0.05, 0) is 35.7 Å². The highest BCUT2D eigenvalue weighted by atomic mass is 32.2. The number of carbonyl (C=O) groups is 1. The zero-order valence-electron chi connectivity index (χ0n) is 12.8. The van der Waals surface area contributed by atoms with Gasteiger partial charge in [0.2, 0.25) is 5.91 Å². The van der Waals surface area contributed by atoms with Gasteiger partial charge in [-0.25, -0.2) is 0 Å². The first-order valence-corrected chi connectivity index (χ1v) is 10.5. The van der Waals surface area contributed by atoms with Crippen LogP contribution in [0.1, 0.15) is 23.8 Å². The predicted octanol–water partition coefficient (Wildman–Crippen LogP) is 3.81. The minimum atomic E-state index is 0.0245. The molecular formula is C16H16N4OS3. The van der Waals surface area contributed by atoms with E-state index in [0.29, 0.717) is 18.3 Å². The van der Waals surface area contributed by atoms with Crippen molar-refractivity contribution in [3.8, 4) is 10.7 Å². The number of carbonyl (C=O) groups excluding carboxylic acids is 1. The highest BCUT2D eigenvalue weighted by Gasteiger charge is 2.30. The summed E-state index contributed by atoms with van der Waals surface area (Å²) in [5.41, 5.74) is 0. The Kier molecular flexibility index (Phi) is 4.68. The number of thioether (sulfide) groups is 1. The van der Waals surface area contributed by atoms with Crippen LogP contribution in [-0.4, -0.2) is 26.4 Å². The lowest BCUT2D eigenvalue weighted by molar-refractivity contribution is -0.118. The van der Waals surface area contributed by atoms with Gasteiger partial charge in [0.15, 0.2) is 11.0 Å². The molecule has 1 amide bonds. The van der Waals surface area contributed by atoms with Crippen molar-refractivity contribution in [3.05, 3.63) is 39.9 Å². The molecule has 1 aliphatic rings. The summed E-state index contributed by atoms with van der Waals surface area (Å²) >= 11 is 4.78. The van der Waals surface area contributed by atoms with Crippen LogP contribution in [0.4, 0.5) is 0 Å². The summed E-state index contributed by atoms with van der Waals surface area (Å²) in [7, 11) is 0. The monoisotopic (exact) mass is 376 g/mol. The maximum Gasteiger partial charge on any atom is 0.230 e. The van der Waals surface area contributed by atoms with Crippen molar-refractivity contribution in [2.24, 2.45) is 0 Å². The second-order valence-electron chi connectivity index (χ2n) is 5.53. The predicted molar refractivity (Wildman–Crippen MR) is 98.5 cm³/mol. The smallest absolute Gasteiger partial charge is 0.230 e. The van der Waals surface area contributed by atoms with Gasteiger partial charge in [-0.3, -0.25) is 9.36 Å². The molecule has 124 valence electrons. The SMILES string of the molecule is O=C(CSc1nnc(-c2cccs2)n1C1CC1)NCc1cccs1. The molecule has 4 rings (SSSR count). The Balaban J connectivity index is 1.40. The molecule has 3 aromatic rings. The summed E-state index contributed by atoms with van der Waals surface area (Å²) in [6.45, 7) is 0.590. The van der Waals surface area contributed by atoms with Crippen molar-refractivity contribution in [2.45, 2.75) is 30.6 Å². The molecule has 1 fully saturated rings. The van der Waals surface area contributed by atoms with E-state index in [0.717, 1.165) is 33.6 Å². The minimum absolute atomic E-state index is 0.0245. The molecule has 24 heavy (non-hydrogen) atoms. The molecular weight excluding hydrogens is 360 g/mol. The molecule has 8 heteroatoms. The number of rotatable bonds is 7. The van der Waals surface area contributed by atoms with Crippen molar-refractivity contribution in [1.29, 1.82) is 0 Å². The second kappa shape index (κ2) is 7.08. The van der Waals surface area contributed by atoms with Crippen LogP contribution < -0.4 is 5.32 Å². The van der Waals surface area contributed by atoms with E-state index in [1.165, 1.54) is 11.8 Å². The van der Waals surface area contributed by atoms with Crippen LogP contribution in [0.3, 0.4) is 0 Å². The third-order valence-electron chi connectivity index (χ3n) is 3.69. The molecule has 0 bridgehead atoms. The number of nitrogens with one attached hydrogen (secondary N) is 1. The maximum absolute atomic E-state index is 12.1. The van der Waals surface area contributed by atoms with Gasteiger partial charge in [-0.2, -0.15) is 0 Å². The van der Waals surface area contributed by atoms with Gasteiger partial charge in [-0.1, -0.05) is 23.9 Å². The van der Waals surface area contributed by atoms with Crippen molar-refractivity contribution < 1.29 is 4.79 Å². The fraction of sp³-hybridized carbons (Fsp3) is 0.312. The number of nitrogens with zero attached hydrogens (tertiary/aromatic N) is 3. The van der Waals surface area contributed by atoms with E-state index in [1.807, 2.05) is 29.0 Å². The summed E-state index contributed by atoms with van der Waals surface area (Å²) in [6.07, 6.45) is 2.32. The summed E-state index contributed by atoms with van der Waals surface area (Å²) < 4.78 is 2.20. The topological polar surface area (TPSA) is 59.8 Å².